The van der Waals surface area contributed by atoms with E-state index in [2.05, 4.69) is 0 Å². The second-order valence-electron chi connectivity index (χ2n) is 5.23. The summed E-state index contributed by atoms with van der Waals surface area (Å²) in [6.07, 6.45) is 3.54. The van der Waals surface area contributed by atoms with Crippen molar-refractivity contribution in [2.24, 2.45) is 17.2 Å². The van der Waals surface area contributed by atoms with Crippen molar-refractivity contribution in [3.8, 4) is 0 Å². The van der Waals surface area contributed by atoms with Crippen molar-refractivity contribution < 1.29 is 9.59 Å². The maximum absolute atomic E-state index is 12.6. The zero-order valence-electron chi connectivity index (χ0n) is 13.0. The van der Waals surface area contributed by atoms with Crippen molar-refractivity contribution in [2.75, 3.05) is 26.2 Å². The van der Waals surface area contributed by atoms with Crippen LogP contribution in [0.25, 0.3) is 0 Å². The molecule has 2 amide bonds. The zero-order chi connectivity index (χ0) is 16.4. The smallest absolute Gasteiger partial charge is 0.253 e. The first kappa shape index (κ1) is 18.1. The van der Waals surface area contributed by atoms with Gasteiger partial charge in [0.15, 0.2) is 0 Å². The second kappa shape index (κ2) is 9.92. The molecule has 1 aromatic carbocycles. The molecular formula is C16H26N4O2. The molecule has 6 heteroatoms. The minimum atomic E-state index is -0.498. The second-order valence-corrected chi connectivity index (χ2v) is 5.23. The van der Waals surface area contributed by atoms with Gasteiger partial charge in [0, 0.05) is 24.2 Å². The summed E-state index contributed by atoms with van der Waals surface area (Å²) < 4.78 is 0. The number of nitrogens with zero attached hydrogens (tertiary/aromatic N) is 1. The molecule has 0 atom stereocenters. The summed E-state index contributed by atoms with van der Waals surface area (Å²) in [7, 11) is 0. The zero-order valence-corrected chi connectivity index (χ0v) is 13.0. The van der Waals surface area contributed by atoms with E-state index in [4.69, 9.17) is 17.2 Å². The molecule has 0 aliphatic rings. The number of unbranched alkanes of at least 4 members (excludes halogenated alkanes) is 2. The van der Waals surface area contributed by atoms with Crippen LogP contribution in [0.15, 0.2) is 24.3 Å². The van der Waals surface area contributed by atoms with Crippen LogP contribution >= 0.6 is 0 Å². The Morgan fingerprint density at radius 1 is 0.818 bits per heavy atom. The number of primary amides is 1. The van der Waals surface area contributed by atoms with Crippen LogP contribution in [0.5, 0.6) is 0 Å². The van der Waals surface area contributed by atoms with Gasteiger partial charge in [0.05, 0.1) is 0 Å². The van der Waals surface area contributed by atoms with Gasteiger partial charge in [0.2, 0.25) is 5.91 Å². The van der Waals surface area contributed by atoms with Crippen molar-refractivity contribution in [1.82, 2.24) is 4.90 Å². The molecule has 22 heavy (non-hydrogen) atoms. The molecule has 0 bridgehead atoms. The standard InChI is InChI=1S/C16H26N4O2/c17-9-1-3-11-20(12-4-2-10-18)16(22)14-7-5-13(6-8-14)15(19)21/h5-8H,1-4,9-12,17-18H2,(H2,19,21). The quantitative estimate of drug-likeness (QED) is 0.552. The average molecular weight is 306 g/mol. The molecule has 0 saturated carbocycles. The van der Waals surface area contributed by atoms with E-state index in [0.717, 1.165) is 25.7 Å². The van der Waals surface area contributed by atoms with Crippen LogP contribution in [0.4, 0.5) is 0 Å². The lowest BCUT2D eigenvalue weighted by atomic mass is 10.1. The van der Waals surface area contributed by atoms with Gasteiger partial charge in [0.25, 0.3) is 5.91 Å². The van der Waals surface area contributed by atoms with Crippen molar-refractivity contribution in [2.45, 2.75) is 25.7 Å². The van der Waals surface area contributed by atoms with Gasteiger partial charge in [0.1, 0.15) is 0 Å². The largest absolute Gasteiger partial charge is 0.366 e. The summed E-state index contributed by atoms with van der Waals surface area (Å²) >= 11 is 0. The monoisotopic (exact) mass is 306 g/mol. The Kier molecular flexibility index (Phi) is 8.17. The van der Waals surface area contributed by atoms with Gasteiger partial charge in [-0.15, -0.1) is 0 Å². The van der Waals surface area contributed by atoms with E-state index in [0.29, 0.717) is 37.3 Å². The summed E-state index contributed by atoms with van der Waals surface area (Å²) in [5, 5.41) is 0. The number of hydrogen-bond donors (Lipinski definition) is 3. The molecule has 0 aromatic heterocycles. The average Bonchev–Trinajstić information content (AvgIpc) is 2.53. The Morgan fingerprint density at radius 3 is 1.68 bits per heavy atom. The summed E-state index contributed by atoms with van der Waals surface area (Å²) in [6, 6.07) is 6.43. The molecule has 0 unspecified atom stereocenters. The molecule has 0 fully saturated rings. The number of amides is 2. The lowest BCUT2D eigenvalue weighted by molar-refractivity contribution is 0.0749. The number of benzene rings is 1. The van der Waals surface area contributed by atoms with Crippen LogP contribution in [0.2, 0.25) is 0 Å². The predicted molar refractivity (Wildman–Crippen MR) is 87.4 cm³/mol. The van der Waals surface area contributed by atoms with Gasteiger partial charge >= 0.3 is 0 Å². The van der Waals surface area contributed by atoms with Crippen molar-refractivity contribution >= 4 is 11.8 Å². The number of carbonyl (C=O) groups is 2. The lowest BCUT2D eigenvalue weighted by Crippen LogP contribution is -2.33. The highest BCUT2D eigenvalue weighted by Gasteiger charge is 2.15. The highest BCUT2D eigenvalue weighted by molar-refractivity contribution is 5.97. The minimum absolute atomic E-state index is 0.0370. The third-order valence-corrected chi connectivity index (χ3v) is 3.47. The van der Waals surface area contributed by atoms with Crippen LogP contribution < -0.4 is 17.2 Å². The summed E-state index contributed by atoms with van der Waals surface area (Å²) in [4.78, 5) is 25.5. The molecule has 122 valence electrons. The minimum Gasteiger partial charge on any atom is -0.366 e. The SMILES string of the molecule is NCCCCN(CCCCN)C(=O)c1ccc(C(N)=O)cc1. The molecule has 0 aliphatic heterocycles. The molecule has 0 radical (unpaired) electrons. The van der Waals surface area contributed by atoms with Crippen LogP contribution in [-0.4, -0.2) is 42.9 Å². The third-order valence-electron chi connectivity index (χ3n) is 3.47. The van der Waals surface area contributed by atoms with Gasteiger partial charge in [-0.05, 0) is 63.0 Å². The fourth-order valence-corrected chi connectivity index (χ4v) is 2.17. The number of hydrogen-bond acceptors (Lipinski definition) is 4. The van der Waals surface area contributed by atoms with Gasteiger partial charge in [-0.25, -0.2) is 0 Å². The number of rotatable bonds is 10. The molecule has 1 aromatic rings. The first-order valence-corrected chi connectivity index (χ1v) is 7.69. The maximum atomic E-state index is 12.6. The summed E-state index contributed by atoms with van der Waals surface area (Å²) in [5.74, 6) is -0.535. The Bertz CT molecular complexity index is 464. The molecule has 6 N–H and O–H groups in total. The van der Waals surface area contributed by atoms with E-state index in [1.54, 1.807) is 24.3 Å². The van der Waals surface area contributed by atoms with Gasteiger partial charge < -0.3 is 22.1 Å². The van der Waals surface area contributed by atoms with Gasteiger partial charge in [-0.2, -0.15) is 0 Å². The molecule has 6 nitrogen and oxygen atoms in total. The molecule has 1 rings (SSSR count). The number of carbonyl (C=O) groups excluding carboxylic acids is 2. The topological polar surface area (TPSA) is 115 Å². The van der Waals surface area contributed by atoms with Crippen LogP contribution in [0.3, 0.4) is 0 Å². The molecule has 0 aliphatic carbocycles. The fourth-order valence-electron chi connectivity index (χ4n) is 2.17. The Labute approximate surface area is 131 Å². The van der Waals surface area contributed by atoms with Crippen LogP contribution in [0.1, 0.15) is 46.4 Å². The van der Waals surface area contributed by atoms with Crippen molar-refractivity contribution in [3.05, 3.63) is 35.4 Å². The first-order valence-electron chi connectivity index (χ1n) is 7.69. The summed E-state index contributed by atoms with van der Waals surface area (Å²) in [6.45, 7) is 2.60. The highest BCUT2D eigenvalue weighted by atomic mass is 16.2. The molecule has 0 saturated heterocycles. The normalized spacial score (nSPS) is 10.5. The fraction of sp³-hybridized carbons (Fsp3) is 0.500. The first-order chi connectivity index (χ1) is 10.6. The lowest BCUT2D eigenvalue weighted by Gasteiger charge is -2.23. The molecular weight excluding hydrogens is 280 g/mol. The Balaban J connectivity index is 2.73. The van der Waals surface area contributed by atoms with Gasteiger partial charge in [-0.1, -0.05) is 0 Å². The number of nitrogens with two attached hydrogens (primary N) is 3. The third kappa shape index (κ3) is 5.83. The van der Waals surface area contributed by atoms with Gasteiger partial charge in [-0.3, -0.25) is 9.59 Å². The Morgan fingerprint density at radius 2 is 1.27 bits per heavy atom. The Hall–Kier alpha value is -1.92. The van der Waals surface area contributed by atoms with E-state index in [1.807, 2.05) is 4.90 Å². The van der Waals surface area contributed by atoms with Crippen LogP contribution in [0, 0.1) is 0 Å². The van der Waals surface area contributed by atoms with Crippen molar-refractivity contribution in [1.29, 1.82) is 0 Å². The maximum Gasteiger partial charge on any atom is 0.253 e. The van der Waals surface area contributed by atoms with E-state index in [1.165, 1.54) is 0 Å². The van der Waals surface area contributed by atoms with E-state index in [-0.39, 0.29) is 5.91 Å². The highest BCUT2D eigenvalue weighted by Crippen LogP contribution is 2.10. The van der Waals surface area contributed by atoms with E-state index in [9.17, 15) is 9.59 Å². The van der Waals surface area contributed by atoms with Crippen LogP contribution in [-0.2, 0) is 0 Å². The van der Waals surface area contributed by atoms with Crippen molar-refractivity contribution in [3.63, 3.8) is 0 Å². The van der Waals surface area contributed by atoms with E-state index >= 15 is 0 Å². The molecule has 0 heterocycles. The summed E-state index contributed by atoms with van der Waals surface area (Å²) in [5.41, 5.74) is 17.2. The molecule has 0 spiro atoms. The predicted octanol–water partition coefficient (Wildman–Crippen LogP) is 0.706. The van der Waals surface area contributed by atoms with E-state index < -0.39 is 5.91 Å².